The molecule has 0 aliphatic carbocycles. The van der Waals surface area contributed by atoms with Gasteiger partial charge in [-0.1, -0.05) is 18.2 Å². The molecule has 0 atom stereocenters. The van der Waals surface area contributed by atoms with E-state index in [4.69, 9.17) is 0 Å². The van der Waals surface area contributed by atoms with Crippen LogP contribution in [-0.2, 0) is 16.0 Å². The third-order valence-corrected chi connectivity index (χ3v) is 2.49. The van der Waals surface area contributed by atoms with Gasteiger partial charge in [-0.3, -0.25) is 4.79 Å². The summed E-state index contributed by atoms with van der Waals surface area (Å²) in [5.74, 6) is -0.275. The molecule has 0 radical (unpaired) electrons. The van der Waals surface area contributed by atoms with Gasteiger partial charge in [0.15, 0.2) is 0 Å². The van der Waals surface area contributed by atoms with E-state index in [0.717, 1.165) is 17.1 Å². The molecule has 2 rings (SSSR count). The fraction of sp³-hybridized carbons (Fsp3) is 0.231. The van der Waals surface area contributed by atoms with Crippen molar-refractivity contribution in [2.24, 2.45) is 0 Å². The Kier molecular flexibility index (Phi) is 3.23. The minimum absolute atomic E-state index is 0.206. The van der Waals surface area contributed by atoms with Gasteiger partial charge in [0, 0.05) is 5.69 Å². The van der Waals surface area contributed by atoms with Gasteiger partial charge < -0.3 is 4.74 Å². The molecule has 88 valence electrons. The Labute approximate surface area is 99.8 Å². The van der Waals surface area contributed by atoms with Crippen LogP contribution in [0.5, 0.6) is 0 Å². The summed E-state index contributed by atoms with van der Waals surface area (Å²) in [6, 6.07) is 11.7. The predicted octanol–water partition coefficient (Wildman–Crippen LogP) is 1.90. The molecule has 1 heterocycles. The van der Waals surface area contributed by atoms with Gasteiger partial charge in [-0.25, -0.2) is 4.68 Å². The zero-order valence-electron chi connectivity index (χ0n) is 9.88. The number of rotatable bonds is 3. The molecular weight excluding hydrogens is 216 g/mol. The Morgan fingerprint density at radius 1 is 1.35 bits per heavy atom. The van der Waals surface area contributed by atoms with Gasteiger partial charge >= 0.3 is 5.97 Å². The maximum Gasteiger partial charge on any atom is 0.311 e. The Bertz CT molecular complexity index is 517. The Balaban J connectivity index is 2.28. The van der Waals surface area contributed by atoms with Crippen molar-refractivity contribution in [3.8, 4) is 5.69 Å². The van der Waals surface area contributed by atoms with Crippen molar-refractivity contribution in [3.05, 3.63) is 47.8 Å². The standard InChI is InChI=1S/C13H14N2O2/c1-10-8-11(9-13(16)17-2)14-15(10)12-6-4-3-5-7-12/h3-8H,9H2,1-2H3. The van der Waals surface area contributed by atoms with E-state index in [1.54, 1.807) is 0 Å². The SMILES string of the molecule is COC(=O)Cc1cc(C)n(-c2ccccc2)n1. The van der Waals surface area contributed by atoms with Crippen LogP contribution in [0.1, 0.15) is 11.4 Å². The molecule has 0 amide bonds. The van der Waals surface area contributed by atoms with Crippen LogP contribution < -0.4 is 0 Å². The van der Waals surface area contributed by atoms with Crippen LogP contribution in [0.2, 0.25) is 0 Å². The molecule has 0 bridgehead atoms. The topological polar surface area (TPSA) is 44.1 Å². The molecule has 0 N–H and O–H groups in total. The highest BCUT2D eigenvalue weighted by Crippen LogP contribution is 2.12. The van der Waals surface area contributed by atoms with Crippen molar-refractivity contribution >= 4 is 5.97 Å². The van der Waals surface area contributed by atoms with Crippen LogP contribution in [0.15, 0.2) is 36.4 Å². The number of hydrogen-bond acceptors (Lipinski definition) is 3. The molecule has 0 spiro atoms. The van der Waals surface area contributed by atoms with Crippen molar-refractivity contribution in [2.45, 2.75) is 13.3 Å². The predicted molar refractivity (Wildman–Crippen MR) is 64.0 cm³/mol. The first-order valence-electron chi connectivity index (χ1n) is 5.38. The number of benzene rings is 1. The number of aromatic nitrogens is 2. The number of aryl methyl sites for hydroxylation is 1. The molecular formula is C13H14N2O2. The van der Waals surface area contributed by atoms with E-state index < -0.39 is 0 Å². The lowest BCUT2D eigenvalue weighted by Crippen LogP contribution is -2.06. The Hall–Kier alpha value is -2.10. The second kappa shape index (κ2) is 4.82. The normalized spacial score (nSPS) is 10.2. The zero-order valence-corrected chi connectivity index (χ0v) is 9.88. The first kappa shape index (κ1) is 11.4. The highest BCUT2D eigenvalue weighted by Gasteiger charge is 2.09. The fourth-order valence-electron chi connectivity index (χ4n) is 1.68. The van der Waals surface area contributed by atoms with E-state index in [9.17, 15) is 4.79 Å². The Morgan fingerprint density at radius 3 is 2.71 bits per heavy atom. The summed E-state index contributed by atoms with van der Waals surface area (Å²) < 4.78 is 6.44. The lowest BCUT2D eigenvalue weighted by Gasteiger charge is -2.02. The van der Waals surface area contributed by atoms with Crippen molar-refractivity contribution in [2.75, 3.05) is 7.11 Å². The Morgan fingerprint density at radius 2 is 2.06 bits per heavy atom. The lowest BCUT2D eigenvalue weighted by atomic mass is 10.3. The second-order valence-electron chi connectivity index (χ2n) is 3.78. The van der Waals surface area contributed by atoms with Crippen molar-refractivity contribution < 1.29 is 9.53 Å². The van der Waals surface area contributed by atoms with Crippen molar-refractivity contribution in [1.29, 1.82) is 0 Å². The zero-order chi connectivity index (χ0) is 12.3. The molecule has 0 saturated carbocycles. The van der Waals surface area contributed by atoms with Gasteiger partial charge in [-0.2, -0.15) is 5.10 Å². The third kappa shape index (κ3) is 2.53. The summed E-state index contributed by atoms with van der Waals surface area (Å²) in [5, 5.41) is 4.38. The van der Waals surface area contributed by atoms with Gasteiger partial charge in [0.2, 0.25) is 0 Å². The van der Waals surface area contributed by atoms with Gasteiger partial charge in [-0.05, 0) is 25.1 Å². The quantitative estimate of drug-likeness (QED) is 0.756. The number of ether oxygens (including phenoxy) is 1. The number of esters is 1. The molecule has 0 fully saturated rings. The molecule has 0 aliphatic rings. The summed E-state index contributed by atoms with van der Waals surface area (Å²) in [5.41, 5.74) is 2.70. The van der Waals surface area contributed by atoms with Crippen LogP contribution in [-0.4, -0.2) is 22.9 Å². The molecule has 1 aromatic carbocycles. The van der Waals surface area contributed by atoms with Crippen LogP contribution in [0.4, 0.5) is 0 Å². The maximum absolute atomic E-state index is 11.2. The molecule has 4 heteroatoms. The maximum atomic E-state index is 11.2. The van der Waals surface area contributed by atoms with E-state index >= 15 is 0 Å². The summed E-state index contributed by atoms with van der Waals surface area (Å²) in [4.78, 5) is 11.2. The molecule has 1 aromatic heterocycles. The highest BCUT2D eigenvalue weighted by atomic mass is 16.5. The third-order valence-electron chi connectivity index (χ3n) is 2.49. The van der Waals surface area contributed by atoms with E-state index in [0.29, 0.717) is 0 Å². The molecule has 2 aromatic rings. The monoisotopic (exact) mass is 230 g/mol. The van der Waals surface area contributed by atoms with Gasteiger partial charge in [0.1, 0.15) is 0 Å². The minimum atomic E-state index is -0.275. The molecule has 0 saturated heterocycles. The summed E-state index contributed by atoms with van der Waals surface area (Å²) in [6.45, 7) is 1.96. The first-order chi connectivity index (χ1) is 8.20. The lowest BCUT2D eigenvalue weighted by molar-refractivity contribution is -0.139. The molecule has 0 aliphatic heterocycles. The largest absolute Gasteiger partial charge is 0.469 e. The summed E-state index contributed by atoms with van der Waals surface area (Å²) >= 11 is 0. The van der Waals surface area contributed by atoms with Gasteiger partial charge in [-0.15, -0.1) is 0 Å². The molecule has 0 unspecified atom stereocenters. The first-order valence-corrected chi connectivity index (χ1v) is 5.38. The smallest absolute Gasteiger partial charge is 0.311 e. The highest BCUT2D eigenvalue weighted by molar-refractivity contribution is 5.71. The number of nitrogens with zero attached hydrogens (tertiary/aromatic N) is 2. The van der Waals surface area contributed by atoms with Gasteiger partial charge in [0.25, 0.3) is 0 Å². The summed E-state index contributed by atoms with van der Waals surface area (Å²) in [7, 11) is 1.38. The van der Waals surface area contributed by atoms with Crippen LogP contribution in [0.3, 0.4) is 0 Å². The van der Waals surface area contributed by atoms with Crippen molar-refractivity contribution in [1.82, 2.24) is 9.78 Å². The van der Waals surface area contributed by atoms with Crippen LogP contribution >= 0.6 is 0 Å². The number of methoxy groups -OCH3 is 1. The molecule has 17 heavy (non-hydrogen) atoms. The number of para-hydroxylation sites is 1. The van der Waals surface area contributed by atoms with E-state index in [-0.39, 0.29) is 12.4 Å². The minimum Gasteiger partial charge on any atom is -0.469 e. The van der Waals surface area contributed by atoms with E-state index in [1.807, 2.05) is 48.0 Å². The average Bonchev–Trinajstić information content (AvgIpc) is 2.71. The average molecular weight is 230 g/mol. The molecule has 4 nitrogen and oxygen atoms in total. The fourth-order valence-corrected chi connectivity index (χ4v) is 1.68. The van der Waals surface area contributed by atoms with Crippen LogP contribution in [0.25, 0.3) is 5.69 Å². The van der Waals surface area contributed by atoms with E-state index in [2.05, 4.69) is 9.84 Å². The van der Waals surface area contributed by atoms with Crippen LogP contribution in [0, 0.1) is 6.92 Å². The number of carbonyl (C=O) groups excluding carboxylic acids is 1. The summed E-state index contributed by atoms with van der Waals surface area (Å²) in [6.07, 6.45) is 0.206. The number of carbonyl (C=O) groups is 1. The van der Waals surface area contributed by atoms with Gasteiger partial charge in [0.05, 0.1) is 24.9 Å². The second-order valence-corrected chi connectivity index (χ2v) is 3.78. The van der Waals surface area contributed by atoms with E-state index in [1.165, 1.54) is 7.11 Å². The van der Waals surface area contributed by atoms with Crippen molar-refractivity contribution in [3.63, 3.8) is 0 Å². The number of hydrogen-bond donors (Lipinski definition) is 0.